The average molecular weight is 446 g/mol. The Balaban J connectivity index is 1.59. The molecule has 4 rings (SSSR count). The number of rotatable bonds is 6. The first-order chi connectivity index (χ1) is 15.3. The molecule has 0 saturated heterocycles. The Kier molecular flexibility index (Phi) is 5.83. The molecule has 0 spiro atoms. The van der Waals surface area contributed by atoms with Crippen LogP contribution >= 0.6 is 11.6 Å². The molecule has 2 aromatic carbocycles. The van der Waals surface area contributed by atoms with Crippen LogP contribution in [0.25, 0.3) is 16.8 Å². The third kappa shape index (κ3) is 4.58. The van der Waals surface area contributed by atoms with Gasteiger partial charge in [-0.3, -0.25) is 5.10 Å². The standard InChI is InChI=1S/C24H24ClN7/c1-13-10-21(14(2)9-19(13)18-7-5-17(6-8-18)16(4)26)28-24-27-12-20(25)23(30-24)29-22-11-15(3)31-32-22/h5-12H,4,26H2,1-3H3,(H3,27,28,29,30,31,32). The predicted molar refractivity (Wildman–Crippen MR) is 132 cm³/mol. The molecular formula is C24H24ClN7. The highest BCUT2D eigenvalue weighted by atomic mass is 35.5. The number of nitrogens with two attached hydrogens (primary N) is 1. The van der Waals surface area contributed by atoms with Gasteiger partial charge in [0.25, 0.3) is 0 Å². The Morgan fingerprint density at radius 2 is 1.78 bits per heavy atom. The number of halogens is 1. The Hall–Kier alpha value is -3.84. The summed E-state index contributed by atoms with van der Waals surface area (Å²) in [5.41, 5.74) is 13.6. The molecule has 162 valence electrons. The van der Waals surface area contributed by atoms with E-state index in [4.69, 9.17) is 17.3 Å². The van der Waals surface area contributed by atoms with Gasteiger partial charge in [0.1, 0.15) is 5.02 Å². The van der Waals surface area contributed by atoms with Crippen molar-refractivity contribution >= 4 is 40.6 Å². The monoisotopic (exact) mass is 445 g/mol. The number of H-pyrrole nitrogens is 1. The molecule has 0 aliphatic rings. The molecule has 5 N–H and O–H groups in total. The molecule has 0 unspecified atom stereocenters. The minimum atomic E-state index is 0.406. The van der Waals surface area contributed by atoms with Crippen LogP contribution in [0.5, 0.6) is 0 Å². The quantitative estimate of drug-likeness (QED) is 0.296. The van der Waals surface area contributed by atoms with Crippen molar-refractivity contribution in [3.05, 3.63) is 82.6 Å². The topological polar surface area (TPSA) is 105 Å². The molecule has 0 fully saturated rings. The highest BCUT2D eigenvalue weighted by molar-refractivity contribution is 6.32. The van der Waals surface area contributed by atoms with E-state index in [9.17, 15) is 0 Å². The molecule has 0 aliphatic heterocycles. The fourth-order valence-corrected chi connectivity index (χ4v) is 3.50. The number of hydrogen-bond acceptors (Lipinski definition) is 6. The zero-order valence-corrected chi connectivity index (χ0v) is 18.9. The number of aromatic nitrogens is 4. The minimum Gasteiger partial charge on any atom is -0.399 e. The number of nitrogens with zero attached hydrogens (tertiary/aromatic N) is 3. The number of benzene rings is 2. The van der Waals surface area contributed by atoms with E-state index < -0.39 is 0 Å². The highest BCUT2D eigenvalue weighted by Crippen LogP contribution is 2.31. The molecule has 0 bridgehead atoms. The van der Waals surface area contributed by atoms with Crippen molar-refractivity contribution in [2.24, 2.45) is 5.73 Å². The molecule has 8 heteroatoms. The molecule has 0 atom stereocenters. The SMILES string of the molecule is C=C(N)c1ccc(-c2cc(C)c(Nc3ncc(Cl)c(Nc4cc(C)[nH]n4)n3)cc2C)cc1. The smallest absolute Gasteiger partial charge is 0.229 e. The largest absolute Gasteiger partial charge is 0.399 e. The van der Waals surface area contributed by atoms with Gasteiger partial charge >= 0.3 is 0 Å². The van der Waals surface area contributed by atoms with Crippen molar-refractivity contribution in [2.75, 3.05) is 10.6 Å². The predicted octanol–water partition coefficient (Wildman–Crippen LogP) is 5.86. The fourth-order valence-electron chi connectivity index (χ4n) is 3.36. The third-order valence-corrected chi connectivity index (χ3v) is 5.36. The van der Waals surface area contributed by atoms with Gasteiger partial charge in [0, 0.05) is 23.1 Å². The van der Waals surface area contributed by atoms with Gasteiger partial charge in [-0.1, -0.05) is 42.4 Å². The highest BCUT2D eigenvalue weighted by Gasteiger charge is 2.11. The summed E-state index contributed by atoms with van der Waals surface area (Å²) >= 11 is 6.27. The second kappa shape index (κ2) is 8.72. The molecule has 32 heavy (non-hydrogen) atoms. The van der Waals surface area contributed by atoms with Gasteiger partial charge in [0.2, 0.25) is 5.95 Å². The number of nitrogens with one attached hydrogen (secondary N) is 3. The lowest BCUT2D eigenvalue weighted by Crippen LogP contribution is -2.03. The third-order valence-electron chi connectivity index (χ3n) is 5.08. The zero-order chi connectivity index (χ0) is 22.8. The molecule has 4 aromatic rings. The van der Waals surface area contributed by atoms with Crippen molar-refractivity contribution in [1.29, 1.82) is 0 Å². The van der Waals surface area contributed by atoms with Gasteiger partial charge in [0.05, 0.1) is 6.20 Å². The van der Waals surface area contributed by atoms with E-state index in [0.717, 1.165) is 39.2 Å². The maximum atomic E-state index is 6.27. The second-order valence-corrected chi connectivity index (χ2v) is 8.07. The first-order valence-corrected chi connectivity index (χ1v) is 10.4. The van der Waals surface area contributed by atoms with E-state index in [2.05, 4.69) is 68.6 Å². The van der Waals surface area contributed by atoms with E-state index in [1.807, 2.05) is 32.0 Å². The van der Waals surface area contributed by atoms with Crippen LogP contribution in [0.4, 0.5) is 23.3 Å². The van der Waals surface area contributed by atoms with Crippen LogP contribution in [-0.4, -0.2) is 20.2 Å². The minimum absolute atomic E-state index is 0.406. The average Bonchev–Trinajstić information content (AvgIpc) is 3.17. The molecule has 2 aromatic heterocycles. The summed E-state index contributed by atoms with van der Waals surface area (Å²) in [6, 6.07) is 14.2. The number of hydrogen-bond donors (Lipinski definition) is 4. The zero-order valence-electron chi connectivity index (χ0n) is 18.1. The van der Waals surface area contributed by atoms with Crippen molar-refractivity contribution in [3.63, 3.8) is 0 Å². The lowest BCUT2D eigenvalue weighted by molar-refractivity contribution is 1.05. The van der Waals surface area contributed by atoms with Crippen LogP contribution in [0.3, 0.4) is 0 Å². The van der Waals surface area contributed by atoms with Gasteiger partial charge in [-0.25, -0.2) is 4.98 Å². The van der Waals surface area contributed by atoms with E-state index in [1.54, 1.807) is 6.20 Å². The van der Waals surface area contributed by atoms with Crippen LogP contribution in [0.2, 0.25) is 5.02 Å². The van der Waals surface area contributed by atoms with Gasteiger partial charge in [-0.15, -0.1) is 0 Å². The van der Waals surface area contributed by atoms with Crippen LogP contribution in [-0.2, 0) is 0 Å². The van der Waals surface area contributed by atoms with Crippen LogP contribution in [0, 0.1) is 20.8 Å². The summed E-state index contributed by atoms with van der Waals surface area (Å²) in [4.78, 5) is 8.83. The maximum Gasteiger partial charge on any atom is 0.229 e. The van der Waals surface area contributed by atoms with Gasteiger partial charge < -0.3 is 16.4 Å². The van der Waals surface area contributed by atoms with E-state index in [1.165, 1.54) is 0 Å². The maximum absolute atomic E-state index is 6.27. The number of aromatic amines is 1. The molecule has 2 heterocycles. The Morgan fingerprint density at radius 1 is 1.03 bits per heavy atom. The lowest BCUT2D eigenvalue weighted by Gasteiger charge is -2.15. The first kappa shape index (κ1) is 21.4. The summed E-state index contributed by atoms with van der Waals surface area (Å²) in [5.74, 6) is 1.54. The Labute approximate surface area is 191 Å². The van der Waals surface area contributed by atoms with Crippen LogP contribution < -0.4 is 16.4 Å². The summed E-state index contributed by atoms with van der Waals surface area (Å²) < 4.78 is 0. The first-order valence-electron chi connectivity index (χ1n) is 10.0. The number of aryl methyl sites for hydroxylation is 3. The van der Waals surface area contributed by atoms with Crippen LogP contribution in [0.15, 0.2) is 55.2 Å². The molecule has 0 radical (unpaired) electrons. The summed E-state index contributed by atoms with van der Waals surface area (Å²) in [6.45, 7) is 9.83. The van der Waals surface area contributed by atoms with E-state index in [-0.39, 0.29) is 0 Å². The second-order valence-electron chi connectivity index (χ2n) is 7.66. The summed E-state index contributed by atoms with van der Waals surface area (Å²) in [7, 11) is 0. The number of anilines is 4. The summed E-state index contributed by atoms with van der Waals surface area (Å²) in [5, 5.41) is 13.8. The Bertz CT molecular complexity index is 1290. The summed E-state index contributed by atoms with van der Waals surface area (Å²) in [6.07, 6.45) is 1.56. The van der Waals surface area contributed by atoms with Crippen LogP contribution in [0.1, 0.15) is 22.4 Å². The fraction of sp³-hybridized carbons (Fsp3) is 0.125. The van der Waals surface area contributed by atoms with Crippen molar-refractivity contribution in [2.45, 2.75) is 20.8 Å². The van der Waals surface area contributed by atoms with Crippen molar-refractivity contribution < 1.29 is 0 Å². The van der Waals surface area contributed by atoms with Crippen molar-refractivity contribution in [3.8, 4) is 11.1 Å². The molecular weight excluding hydrogens is 422 g/mol. The van der Waals surface area contributed by atoms with Gasteiger partial charge in [-0.05, 0) is 60.7 Å². The molecule has 0 saturated carbocycles. The van der Waals surface area contributed by atoms with Gasteiger partial charge in [-0.2, -0.15) is 10.1 Å². The Morgan fingerprint density at radius 3 is 2.44 bits per heavy atom. The van der Waals surface area contributed by atoms with Gasteiger partial charge in [0.15, 0.2) is 11.6 Å². The molecule has 0 aliphatic carbocycles. The van der Waals surface area contributed by atoms with Crippen molar-refractivity contribution in [1.82, 2.24) is 20.2 Å². The molecule has 7 nitrogen and oxygen atoms in total. The lowest BCUT2D eigenvalue weighted by atomic mass is 9.96. The molecule has 0 amide bonds. The van der Waals surface area contributed by atoms with E-state index >= 15 is 0 Å². The van der Waals surface area contributed by atoms with E-state index in [0.29, 0.717) is 28.3 Å². The normalized spacial score (nSPS) is 10.8.